The number of fused-ring (bicyclic) bond motifs is 7. The fourth-order valence-electron chi connectivity index (χ4n) is 7.72. The average molecular weight is 708 g/mol. The lowest BCUT2D eigenvalue weighted by atomic mass is 9.94. The molecule has 252 valence electrons. The van der Waals surface area contributed by atoms with Crippen LogP contribution in [0.15, 0.2) is 180 Å². The molecule has 0 saturated carbocycles. The van der Waals surface area contributed by atoms with E-state index in [1.54, 1.807) is 0 Å². The first kappa shape index (κ1) is 30.7. The molecular weight excluding hydrogens is 679 g/mol. The SMILES string of the molecule is c1ccc(-c2cccc(-c3nc(-c4cc(-c5cccc6c5sc5ccccc56)c5ccccc5c4)nc(-c4ccc5c(c4)oc4ccccc45)n3)c2)cc1. The van der Waals surface area contributed by atoms with Gasteiger partial charge in [0, 0.05) is 53.2 Å². The molecule has 4 nitrogen and oxygen atoms in total. The molecule has 11 rings (SSSR count). The van der Waals surface area contributed by atoms with Crippen molar-refractivity contribution in [1.82, 2.24) is 15.0 Å². The molecular formula is C49H29N3OS. The highest BCUT2D eigenvalue weighted by Gasteiger charge is 2.18. The van der Waals surface area contributed by atoms with Gasteiger partial charge in [-0.25, -0.2) is 15.0 Å². The second-order valence-corrected chi connectivity index (χ2v) is 14.6. The van der Waals surface area contributed by atoms with Crippen molar-refractivity contribution in [3.63, 3.8) is 0 Å². The summed E-state index contributed by atoms with van der Waals surface area (Å²) >= 11 is 1.84. The molecule has 0 unspecified atom stereocenters. The zero-order valence-corrected chi connectivity index (χ0v) is 29.7. The first-order chi connectivity index (χ1) is 26.7. The number of benzene rings is 8. The topological polar surface area (TPSA) is 51.8 Å². The predicted octanol–water partition coefficient (Wildman–Crippen LogP) is 13.6. The standard InChI is InChI=1S/C49H29N3OS/c1-2-12-30(13-3-1)31-15-10-16-33(26-31)47-50-48(34-24-25-38-37-18-6-8-22-43(37)53-44(38)29-34)52-49(51-47)35-27-32-14-4-5-17-36(32)42(28-35)41-21-11-20-40-39-19-7-9-23-45(39)54-46(40)41/h1-29H. The normalized spacial score (nSPS) is 11.7. The zero-order valence-electron chi connectivity index (χ0n) is 28.9. The lowest BCUT2D eigenvalue weighted by Gasteiger charge is -2.13. The van der Waals surface area contributed by atoms with Crippen molar-refractivity contribution in [3.05, 3.63) is 176 Å². The average Bonchev–Trinajstić information content (AvgIpc) is 3.82. The number of rotatable bonds is 5. The molecule has 0 radical (unpaired) electrons. The van der Waals surface area contributed by atoms with Crippen molar-refractivity contribution >= 4 is 64.2 Å². The summed E-state index contributed by atoms with van der Waals surface area (Å²) in [7, 11) is 0. The Morgan fingerprint density at radius 3 is 1.85 bits per heavy atom. The van der Waals surface area contributed by atoms with Crippen LogP contribution in [0.25, 0.3) is 109 Å². The maximum Gasteiger partial charge on any atom is 0.164 e. The summed E-state index contributed by atoms with van der Waals surface area (Å²) < 4.78 is 8.87. The first-order valence-corrected chi connectivity index (χ1v) is 18.8. The zero-order chi connectivity index (χ0) is 35.6. The highest BCUT2D eigenvalue weighted by atomic mass is 32.1. The second-order valence-electron chi connectivity index (χ2n) is 13.6. The van der Waals surface area contributed by atoms with Gasteiger partial charge in [0.1, 0.15) is 11.2 Å². The van der Waals surface area contributed by atoms with E-state index in [0.717, 1.165) is 60.7 Å². The Bertz CT molecular complexity index is 3230. The van der Waals surface area contributed by atoms with Crippen LogP contribution in [0.3, 0.4) is 0 Å². The fourth-order valence-corrected chi connectivity index (χ4v) is 8.95. The van der Waals surface area contributed by atoms with Gasteiger partial charge in [-0.3, -0.25) is 0 Å². The Morgan fingerprint density at radius 2 is 0.981 bits per heavy atom. The van der Waals surface area contributed by atoms with Crippen LogP contribution in [0, 0.1) is 0 Å². The number of furan rings is 1. The Morgan fingerprint density at radius 1 is 0.352 bits per heavy atom. The fraction of sp³-hybridized carbons (Fsp3) is 0. The van der Waals surface area contributed by atoms with Crippen LogP contribution in [-0.2, 0) is 0 Å². The maximum atomic E-state index is 6.31. The smallest absolute Gasteiger partial charge is 0.164 e. The van der Waals surface area contributed by atoms with E-state index in [-0.39, 0.29) is 0 Å². The summed E-state index contributed by atoms with van der Waals surface area (Å²) in [5.74, 6) is 1.81. The Labute approximate surface area is 314 Å². The van der Waals surface area contributed by atoms with E-state index >= 15 is 0 Å². The summed E-state index contributed by atoms with van der Waals surface area (Å²) in [4.78, 5) is 15.6. The quantitative estimate of drug-likeness (QED) is 0.179. The van der Waals surface area contributed by atoms with Crippen LogP contribution in [0.1, 0.15) is 0 Å². The van der Waals surface area contributed by atoms with E-state index in [2.05, 4.69) is 146 Å². The van der Waals surface area contributed by atoms with Crippen molar-refractivity contribution < 1.29 is 4.42 Å². The molecule has 0 amide bonds. The third kappa shape index (κ3) is 5.09. The van der Waals surface area contributed by atoms with E-state index in [1.165, 1.54) is 31.1 Å². The van der Waals surface area contributed by atoms with Gasteiger partial charge in [0.25, 0.3) is 0 Å². The highest BCUT2D eigenvalue weighted by Crippen LogP contribution is 2.43. The number of para-hydroxylation sites is 1. The van der Waals surface area contributed by atoms with Crippen molar-refractivity contribution in [1.29, 1.82) is 0 Å². The third-order valence-corrected chi connectivity index (χ3v) is 11.5. The summed E-state index contributed by atoms with van der Waals surface area (Å²) in [6.07, 6.45) is 0. The van der Waals surface area contributed by atoms with Crippen LogP contribution in [0.2, 0.25) is 0 Å². The Hall–Kier alpha value is -6.95. The van der Waals surface area contributed by atoms with Gasteiger partial charge in [-0.2, -0.15) is 0 Å². The van der Waals surface area contributed by atoms with Gasteiger partial charge < -0.3 is 4.42 Å². The summed E-state index contributed by atoms with van der Waals surface area (Å²) in [6.45, 7) is 0. The van der Waals surface area contributed by atoms with Crippen molar-refractivity contribution in [2.45, 2.75) is 0 Å². The highest BCUT2D eigenvalue weighted by molar-refractivity contribution is 7.26. The molecule has 5 heteroatoms. The van der Waals surface area contributed by atoms with Gasteiger partial charge in [-0.1, -0.05) is 133 Å². The molecule has 0 fully saturated rings. The molecule has 3 heterocycles. The van der Waals surface area contributed by atoms with Gasteiger partial charge in [-0.05, 0) is 69.9 Å². The minimum Gasteiger partial charge on any atom is -0.456 e. The predicted molar refractivity (Wildman–Crippen MR) is 225 cm³/mol. The van der Waals surface area contributed by atoms with E-state index in [9.17, 15) is 0 Å². The van der Waals surface area contributed by atoms with Gasteiger partial charge in [0.2, 0.25) is 0 Å². The molecule has 54 heavy (non-hydrogen) atoms. The van der Waals surface area contributed by atoms with Gasteiger partial charge in [-0.15, -0.1) is 11.3 Å². The number of aromatic nitrogens is 3. The van der Waals surface area contributed by atoms with E-state index < -0.39 is 0 Å². The minimum atomic E-state index is 0.587. The third-order valence-electron chi connectivity index (χ3n) is 10.3. The van der Waals surface area contributed by atoms with Crippen LogP contribution >= 0.6 is 11.3 Å². The molecule has 11 aromatic rings. The largest absolute Gasteiger partial charge is 0.456 e. The van der Waals surface area contributed by atoms with Crippen LogP contribution in [-0.4, -0.2) is 15.0 Å². The molecule has 0 bridgehead atoms. The molecule has 0 N–H and O–H groups in total. The molecule has 0 aliphatic carbocycles. The number of thiophene rings is 1. The maximum absolute atomic E-state index is 6.31. The number of hydrogen-bond acceptors (Lipinski definition) is 5. The molecule has 0 aliphatic rings. The molecule has 3 aromatic heterocycles. The number of hydrogen-bond donors (Lipinski definition) is 0. The lowest BCUT2D eigenvalue weighted by molar-refractivity contribution is 0.669. The molecule has 0 aliphatic heterocycles. The van der Waals surface area contributed by atoms with E-state index in [4.69, 9.17) is 19.4 Å². The molecule has 0 spiro atoms. The van der Waals surface area contributed by atoms with Crippen molar-refractivity contribution in [2.24, 2.45) is 0 Å². The van der Waals surface area contributed by atoms with Gasteiger partial charge in [0.05, 0.1) is 0 Å². The van der Waals surface area contributed by atoms with Crippen LogP contribution < -0.4 is 0 Å². The van der Waals surface area contributed by atoms with Gasteiger partial charge in [0.15, 0.2) is 17.5 Å². The van der Waals surface area contributed by atoms with Crippen molar-refractivity contribution in [2.75, 3.05) is 0 Å². The molecule has 8 aromatic carbocycles. The lowest BCUT2D eigenvalue weighted by Crippen LogP contribution is -2.00. The monoisotopic (exact) mass is 707 g/mol. The molecule has 0 saturated heterocycles. The van der Waals surface area contributed by atoms with E-state index in [0.29, 0.717) is 17.5 Å². The Kier molecular flexibility index (Phi) is 7.00. The van der Waals surface area contributed by atoms with Crippen LogP contribution in [0.5, 0.6) is 0 Å². The van der Waals surface area contributed by atoms with Crippen LogP contribution in [0.4, 0.5) is 0 Å². The minimum absolute atomic E-state index is 0.587. The number of nitrogens with zero attached hydrogens (tertiary/aromatic N) is 3. The van der Waals surface area contributed by atoms with Gasteiger partial charge >= 0.3 is 0 Å². The van der Waals surface area contributed by atoms with E-state index in [1.807, 2.05) is 41.7 Å². The second kappa shape index (κ2) is 12.3. The summed E-state index contributed by atoms with van der Waals surface area (Å²) in [6, 6.07) is 61.6. The summed E-state index contributed by atoms with van der Waals surface area (Å²) in [5, 5.41) is 7.02. The van der Waals surface area contributed by atoms with Crippen molar-refractivity contribution in [3.8, 4) is 56.4 Å². The first-order valence-electron chi connectivity index (χ1n) is 18.0. The Balaban J connectivity index is 1.14. The molecule has 0 atom stereocenters. The summed E-state index contributed by atoms with van der Waals surface area (Å²) in [5.41, 5.74) is 8.96.